The van der Waals surface area contributed by atoms with Crippen molar-refractivity contribution in [3.63, 3.8) is 0 Å². The Morgan fingerprint density at radius 3 is 1.97 bits per heavy atom. The predicted octanol–water partition coefficient (Wildman–Crippen LogP) is 8.22. The quantitative estimate of drug-likeness (QED) is 0.305. The molecular formula is C33H35N3. The first kappa shape index (κ1) is 23.9. The molecule has 0 saturated carbocycles. The molecule has 0 aromatic heterocycles. The highest BCUT2D eigenvalue weighted by atomic mass is 15.5. The van der Waals surface area contributed by atoms with Gasteiger partial charge in [0, 0.05) is 17.6 Å². The zero-order valence-electron chi connectivity index (χ0n) is 21.9. The second-order valence-corrected chi connectivity index (χ2v) is 10.5. The summed E-state index contributed by atoms with van der Waals surface area (Å²) in [5.74, 6) is 0. The first-order valence-electron chi connectivity index (χ1n) is 12.7. The Kier molecular flexibility index (Phi) is 6.40. The van der Waals surface area contributed by atoms with Gasteiger partial charge in [-0.25, -0.2) is 0 Å². The first-order valence-corrected chi connectivity index (χ1v) is 12.7. The van der Waals surface area contributed by atoms with Crippen LogP contribution in [0.25, 0.3) is 0 Å². The van der Waals surface area contributed by atoms with E-state index in [0.717, 1.165) is 17.9 Å². The SMILES string of the molecule is Cc1cc(C)c(NCc2ccc(N3N=C(c4ccccc4)C(C)(C)C3c3ccccc3)cc2)c(C)c1. The average Bonchev–Trinajstić information content (AvgIpc) is 3.15. The smallest absolute Gasteiger partial charge is 0.0882 e. The Hall–Kier alpha value is -3.85. The molecular weight excluding hydrogens is 438 g/mol. The van der Waals surface area contributed by atoms with E-state index in [9.17, 15) is 0 Å². The van der Waals surface area contributed by atoms with Crippen molar-refractivity contribution in [3.8, 4) is 0 Å². The number of hydrogen-bond donors (Lipinski definition) is 1. The fourth-order valence-electron chi connectivity index (χ4n) is 5.57. The van der Waals surface area contributed by atoms with Gasteiger partial charge in [-0.05, 0) is 60.7 Å². The van der Waals surface area contributed by atoms with E-state index in [1.54, 1.807) is 0 Å². The lowest BCUT2D eigenvalue weighted by molar-refractivity contribution is 0.425. The molecule has 1 unspecified atom stereocenters. The molecule has 1 atom stereocenters. The molecule has 1 aliphatic heterocycles. The van der Waals surface area contributed by atoms with Crippen LogP contribution in [0.2, 0.25) is 0 Å². The van der Waals surface area contributed by atoms with Crippen LogP contribution in [0.3, 0.4) is 0 Å². The molecule has 0 radical (unpaired) electrons. The maximum atomic E-state index is 5.23. The number of rotatable bonds is 6. The average molecular weight is 474 g/mol. The summed E-state index contributed by atoms with van der Waals surface area (Å²) in [4.78, 5) is 0. The maximum absolute atomic E-state index is 5.23. The van der Waals surface area contributed by atoms with Gasteiger partial charge in [-0.1, -0.05) is 104 Å². The van der Waals surface area contributed by atoms with Crippen LogP contribution in [0.1, 0.15) is 53.3 Å². The molecule has 1 aliphatic rings. The van der Waals surface area contributed by atoms with E-state index in [2.05, 4.69) is 142 Å². The van der Waals surface area contributed by atoms with Crippen LogP contribution in [0.4, 0.5) is 11.4 Å². The minimum atomic E-state index is -0.163. The molecule has 1 heterocycles. The third-order valence-electron chi connectivity index (χ3n) is 7.26. The summed E-state index contributed by atoms with van der Waals surface area (Å²) >= 11 is 0. The van der Waals surface area contributed by atoms with Crippen LogP contribution in [-0.4, -0.2) is 5.71 Å². The summed E-state index contributed by atoms with van der Waals surface area (Å²) < 4.78 is 0. The molecule has 0 fully saturated rings. The van der Waals surface area contributed by atoms with Gasteiger partial charge in [0.1, 0.15) is 0 Å². The second kappa shape index (κ2) is 9.66. The van der Waals surface area contributed by atoms with E-state index in [1.807, 2.05) is 0 Å². The number of nitrogens with one attached hydrogen (secondary N) is 1. The van der Waals surface area contributed by atoms with E-state index in [-0.39, 0.29) is 11.5 Å². The summed E-state index contributed by atoms with van der Waals surface area (Å²) in [5.41, 5.74) is 10.9. The summed E-state index contributed by atoms with van der Waals surface area (Å²) in [6, 6.07) is 34.7. The fraction of sp³-hybridized carbons (Fsp3) is 0.242. The Labute approximate surface area is 215 Å². The van der Waals surface area contributed by atoms with E-state index in [0.29, 0.717) is 0 Å². The Balaban J connectivity index is 1.45. The van der Waals surface area contributed by atoms with Gasteiger partial charge in [-0.2, -0.15) is 5.10 Å². The van der Waals surface area contributed by atoms with Crippen molar-refractivity contribution in [2.45, 2.75) is 47.2 Å². The van der Waals surface area contributed by atoms with Gasteiger partial charge in [0.05, 0.1) is 17.4 Å². The van der Waals surface area contributed by atoms with Crippen molar-refractivity contribution in [1.29, 1.82) is 0 Å². The van der Waals surface area contributed by atoms with Crippen LogP contribution in [0, 0.1) is 26.2 Å². The summed E-state index contributed by atoms with van der Waals surface area (Å²) in [6.07, 6.45) is 0. The zero-order chi connectivity index (χ0) is 25.3. The van der Waals surface area contributed by atoms with Gasteiger partial charge in [-0.15, -0.1) is 0 Å². The molecule has 5 rings (SSSR count). The van der Waals surface area contributed by atoms with Crippen molar-refractivity contribution in [2.75, 3.05) is 10.3 Å². The lowest BCUT2D eigenvalue weighted by Gasteiger charge is -2.33. The van der Waals surface area contributed by atoms with Gasteiger partial charge in [0.25, 0.3) is 0 Å². The molecule has 4 aromatic carbocycles. The standard InChI is InChI=1S/C33H35N3/c1-23-20-24(2)30(25(3)21-23)34-22-26-16-18-29(19-17-26)36-32(28-14-10-7-11-15-28)33(4,5)31(35-36)27-12-8-6-9-13-27/h6-21,32,34H,22H2,1-5H3. The molecule has 0 spiro atoms. The normalized spacial score (nSPS) is 16.6. The van der Waals surface area contributed by atoms with Crippen molar-refractivity contribution in [3.05, 3.63) is 130 Å². The molecule has 182 valence electrons. The van der Waals surface area contributed by atoms with Gasteiger partial charge in [-0.3, -0.25) is 5.01 Å². The molecule has 0 bridgehead atoms. The van der Waals surface area contributed by atoms with Crippen LogP contribution in [-0.2, 0) is 6.54 Å². The molecule has 0 amide bonds. The van der Waals surface area contributed by atoms with Crippen LogP contribution in [0.5, 0.6) is 0 Å². The monoisotopic (exact) mass is 473 g/mol. The van der Waals surface area contributed by atoms with Crippen molar-refractivity contribution in [1.82, 2.24) is 0 Å². The molecule has 0 aliphatic carbocycles. The van der Waals surface area contributed by atoms with Crippen LogP contribution >= 0.6 is 0 Å². The number of hydrogen-bond acceptors (Lipinski definition) is 3. The maximum Gasteiger partial charge on any atom is 0.0882 e. The lowest BCUT2D eigenvalue weighted by Crippen LogP contribution is -2.32. The summed E-state index contributed by atoms with van der Waals surface area (Å²) in [5, 5.41) is 11.1. The number of aryl methyl sites for hydroxylation is 3. The number of nitrogens with zero attached hydrogens (tertiary/aromatic N) is 2. The van der Waals surface area contributed by atoms with E-state index >= 15 is 0 Å². The van der Waals surface area contributed by atoms with Crippen LogP contribution < -0.4 is 10.3 Å². The number of anilines is 2. The summed E-state index contributed by atoms with van der Waals surface area (Å²) in [6.45, 7) is 11.9. The predicted molar refractivity (Wildman–Crippen MR) is 153 cm³/mol. The third-order valence-corrected chi connectivity index (χ3v) is 7.26. The zero-order valence-corrected chi connectivity index (χ0v) is 21.9. The largest absolute Gasteiger partial charge is 0.381 e. The highest BCUT2D eigenvalue weighted by Crippen LogP contribution is 2.48. The van der Waals surface area contributed by atoms with Gasteiger partial charge < -0.3 is 5.32 Å². The van der Waals surface area contributed by atoms with Gasteiger partial charge in [0.15, 0.2) is 0 Å². The summed E-state index contributed by atoms with van der Waals surface area (Å²) in [7, 11) is 0. The highest BCUT2D eigenvalue weighted by molar-refractivity contribution is 6.07. The Bertz CT molecular complexity index is 1350. The van der Waals surface area contributed by atoms with Gasteiger partial charge >= 0.3 is 0 Å². The molecule has 1 N–H and O–H groups in total. The lowest BCUT2D eigenvalue weighted by atomic mass is 9.75. The van der Waals surface area contributed by atoms with Gasteiger partial charge in [0.2, 0.25) is 0 Å². The Morgan fingerprint density at radius 1 is 0.778 bits per heavy atom. The van der Waals surface area contributed by atoms with E-state index in [1.165, 1.54) is 39.1 Å². The molecule has 0 saturated heterocycles. The molecule has 3 heteroatoms. The van der Waals surface area contributed by atoms with Crippen molar-refractivity contribution in [2.24, 2.45) is 10.5 Å². The number of hydrazone groups is 1. The minimum absolute atomic E-state index is 0.107. The minimum Gasteiger partial charge on any atom is -0.381 e. The highest BCUT2D eigenvalue weighted by Gasteiger charge is 2.46. The second-order valence-electron chi connectivity index (χ2n) is 10.5. The fourth-order valence-corrected chi connectivity index (χ4v) is 5.57. The number of benzene rings is 4. The first-order chi connectivity index (χ1) is 17.3. The van der Waals surface area contributed by atoms with Crippen LogP contribution in [0.15, 0.2) is 102 Å². The van der Waals surface area contributed by atoms with Crippen molar-refractivity contribution < 1.29 is 0 Å². The topological polar surface area (TPSA) is 27.6 Å². The Morgan fingerprint density at radius 2 is 1.36 bits per heavy atom. The molecule has 4 aromatic rings. The molecule has 36 heavy (non-hydrogen) atoms. The van der Waals surface area contributed by atoms with Crippen molar-refractivity contribution >= 4 is 17.1 Å². The van der Waals surface area contributed by atoms with E-state index < -0.39 is 0 Å². The van der Waals surface area contributed by atoms with E-state index in [4.69, 9.17) is 5.10 Å². The molecule has 3 nitrogen and oxygen atoms in total. The third kappa shape index (κ3) is 4.54.